The van der Waals surface area contributed by atoms with Gasteiger partial charge in [0, 0.05) is 51.2 Å². The Kier molecular flexibility index (Phi) is 8.95. The zero-order chi connectivity index (χ0) is 21.2. The molecule has 1 aliphatic heterocycles. The van der Waals surface area contributed by atoms with E-state index in [2.05, 4.69) is 44.4 Å². The number of thioether (sulfide) groups is 1. The second kappa shape index (κ2) is 11.9. The number of nitrogens with zero attached hydrogens (tertiary/aromatic N) is 3. The van der Waals surface area contributed by atoms with Crippen molar-refractivity contribution in [2.24, 2.45) is 10.7 Å². The molecule has 0 spiro atoms. The second-order valence-corrected chi connectivity index (χ2v) is 8.33. The van der Waals surface area contributed by atoms with Crippen LogP contribution in [0, 0.1) is 0 Å². The Morgan fingerprint density at radius 3 is 2.67 bits per heavy atom. The molecule has 1 aliphatic carbocycles. The first-order chi connectivity index (χ1) is 14.6. The summed E-state index contributed by atoms with van der Waals surface area (Å²) >= 11 is 6.71. The van der Waals surface area contributed by atoms with Gasteiger partial charge in [0.1, 0.15) is 0 Å². The van der Waals surface area contributed by atoms with Crippen molar-refractivity contribution in [1.82, 2.24) is 4.90 Å². The number of amidine groups is 1. The van der Waals surface area contributed by atoms with Gasteiger partial charge >= 0.3 is 0 Å². The van der Waals surface area contributed by atoms with Crippen molar-refractivity contribution in [2.45, 2.75) is 6.42 Å². The molecule has 0 amide bonds. The number of rotatable bonds is 6. The van der Waals surface area contributed by atoms with Gasteiger partial charge in [0.15, 0.2) is 10.3 Å². The summed E-state index contributed by atoms with van der Waals surface area (Å²) in [5.74, 6) is 0. The topological polar surface area (TPSA) is 66.1 Å². The third-order valence-electron chi connectivity index (χ3n) is 4.92. The van der Waals surface area contributed by atoms with Crippen LogP contribution in [-0.4, -0.2) is 61.6 Å². The van der Waals surface area contributed by atoms with Crippen molar-refractivity contribution in [3.8, 4) is 0 Å². The number of nitrogens with one attached hydrogen (secondary N) is 1. The molecule has 3 N–H and O–H groups in total. The van der Waals surface area contributed by atoms with Crippen molar-refractivity contribution in [2.75, 3.05) is 56.7 Å². The Bertz CT molecular complexity index is 824. The van der Waals surface area contributed by atoms with E-state index in [9.17, 15) is 0 Å². The fourth-order valence-electron chi connectivity index (χ4n) is 3.24. The quantitative estimate of drug-likeness (QED) is 0.396. The highest BCUT2D eigenvalue weighted by atomic mass is 32.2. The molecule has 0 radical (unpaired) electrons. The predicted molar refractivity (Wildman–Crippen MR) is 133 cm³/mol. The molecule has 0 bridgehead atoms. The molecule has 160 valence electrons. The first-order valence-corrected chi connectivity index (χ1v) is 11.3. The van der Waals surface area contributed by atoms with Crippen LogP contribution >= 0.6 is 24.0 Å². The molecule has 1 heterocycles. The third kappa shape index (κ3) is 7.28. The smallest absolute Gasteiger partial charge is 0.199 e. The maximum Gasteiger partial charge on any atom is 0.199 e. The van der Waals surface area contributed by atoms with Crippen LogP contribution in [-0.2, 0) is 4.74 Å². The number of hydrogen-bond acceptors (Lipinski definition) is 5. The second-order valence-electron chi connectivity index (χ2n) is 7.05. The molecular formula is C22H29N5OS2. The van der Waals surface area contributed by atoms with E-state index in [1.54, 1.807) is 7.11 Å². The summed E-state index contributed by atoms with van der Waals surface area (Å²) in [6.45, 7) is 5.94. The summed E-state index contributed by atoms with van der Waals surface area (Å²) in [6.07, 6.45) is 9.13. The highest BCUT2D eigenvalue weighted by Crippen LogP contribution is 2.20. The maximum absolute atomic E-state index is 5.99. The zero-order valence-electron chi connectivity index (χ0n) is 17.3. The van der Waals surface area contributed by atoms with Crippen molar-refractivity contribution >= 4 is 45.6 Å². The van der Waals surface area contributed by atoms with E-state index in [4.69, 9.17) is 22.7 Å². The molecule has 0 unspecified atom stereocenters. The number of allylic oxidation sites excluding steroid dienone is 5. The Balaban J connectivity index is 1.46. The van der Waals surface area contributed by atoms with Crippen LogP contribution in [0.1, 0.15) is 6.42 Å². The van der Waals surface area contributed by atoms with Gasteiger partial charge in [-0.2, -0.15) is 4.99 Å². The molecule has 0 aromatic heterocycles. The van der Waals surface area contributed by atoms with Gasteiger partial charge in [-0.15, -0.1) is 0 Å². The summed E-state index contributed by atoms with van der Waals surface area (Å²) < 4.78 is 5.17. The lowest BCUT2D eigenvalue weighted by atomic mass is 10.1. The number of hydrogen-bond donors (Lipinski definition) is 2. The summed E-state index contributed by atoms with van der Waals surface area (Å²) in [7, 11) is 1.75. The highest BCUT2D eigenvalue weighted by Gasteiger charge is 2.16. The maximum atomic E-state index is 5.99. The average molecular weight is 444 g/mol. The molecule has 1 fully saturated rings. The number of methoxy groups -OCH3 is 1. The van der Waals surface area contributed by atoms with Gasteiger partial charge in [0.25, 0.3) is 0 Å². The van der Waals surface area contributed by atoms with E-state index < -0.39 is 0 Å². The minimum Gasteiger partial charge on any atom is -0.383 e. The number of piperazine rings is 1. The molecule has 6 nitrogen and oxygen atoms in total. The van der Waals surface area contributed by atoms with Crippen molar-refractivity contribution < 1.29 is 4.74 Å². The van der Waals surface area contributed by atoms with Gasteiger partial charge < -0.3 is 20.7 Å². The Morgan fingerprint density at radius 1 is 1.23 bits per heavy atom. The van der Waals surface area contributed by atoms with E-state index in [-0.39, 0.29) is 0 Å². The summed E-state index contributed by atoms with van der Waals surface area (Å²) in [6, 6.07) is 8.29. The minimum atomic E-state index is 0.358. The number of aliphatic imine (C=N–C) groups is 1. The number of thiocarbonyl (C=S) groups is 1. The zero-order valence-corrected chi connectivity index (χ0v) is 18.9. The summed E-state index contributed by atoms with van der Waals surface area (Å²) in [5, 5.41) is 5.92. The number of nitrogens with two attached hydrogens (primary N) is 1. The molecule has 2 aliphatic rings. The summed E-state index contributed by atoms with van der Waals surface area (Å²) in [5.41, 5.74) is 9.32. The molecule has 0 saturated carbocycles. The molecule has 1 aromatic rings. The SMILES string of the molecule is COCCN1CCN(c2ccc(NC(=S)N=C(N)S/C=C3/C=CC=CC3)cc2)CC1. The predicted octanol–water partition coefficient (Wildman–Crippen LogP) is 3.60. The first-order valence-electron chi connectivity index (χ1n) is 10.0. The normalized spacial score (nSPS) is 18.8. The van der Waals surface area contributed by atoms with Crippen molar-refractivity contribution in [3.63, 3.8) is 0 Å². The lowest BCUT2D eigenvalue weighted by molar-refractivity contribution is 0.144. The largest absolute Gasteiger partial charge is 0.383 e. The molecular weight excluding hydrogens is 414 g/mol. The van der Waals surface area contributed by atoms with E-state index in [0.717, 1.165) is 51.4 Å². The van der Waals surface area contributed by atoms with Crippen LogP contribution in [0.2, 0.25) is 0 Å². The Morgan fingerprint density at radius 2 is 2.00 bits per heavy atom. The fraction of sp³-hybridized carbons (Fsp3) is 0.364. The van der Waals surface area contributed by atoms with Gasteiger partial charge in [-0.3, -0.25) is 4.90 Å². The standard InChI is InChI=1S/C22H29N5OS2/c1-28-16-15-26-11-13-27(14-12-26)20-9-7-19(8-10-20)24-22(29)25-21(23)30-17-18-5-3-2-4-6-18/h2-5,7-10,17H,6,11-16H2,1H3,(H3,23,24,25,29)/b18-17-. The van der Waals surface area contributed by atoms with Crippen molar-refractivity contribution in [1.29, 1.82) is 0 Å². The monoisotopic (exact) mass is 443 g/mol. The fourth-order valence-corrected chi connectivity index (χ4v) is 4.10. The molecule has 30 heavy (non-hydrogen) atoms. The van der Waals surface area contributed by atoms with Crippen LogP contribution in [0.5, 0.6) is 0 Å². The van der Waals surface area contributed by atoms with E-state index in [0.29, 0.717) is 10.3 Å². The molecule has 1 aromatic carbocycles. The van der Waals surface area contributed by atoms with E-state index in [1.807, 2.05) is 29.7 Å². The van der Waals surface area contributed by atoms with Gasteiger partial charge in [-0.25, -0.2) is 0 Å². The molecule has 0 atom stereocenters. The number of benzene rings is 1. The van der Waals surface area contributed by atoms with Gasteiger partial charge in [0.2, 0.25) is 0 Å². The Hall–Kier alpha value is -2.13. The van der Waals surface area contributed by atoms with Crippen LogP contribution < -0.4 is 16.0 Å². The van der Waals surface area contributed by atoms with E-state index >= 15 is 0 Å². The Labute approximate surface area is 188 Å². The van der Waals surface area contributed by atoms with Crippen LogP contribution in [0.4, 0.5) is 11.4 Å². The van der Waals surface area contributed by atoms with Gasteiger partial charge in [0.05, 0.1) is 6.61 Å². The van der Waals surface area contributed by atoms with E-state index in [1.165, 1.54) is 23.0 Å². The number of anilines is 2. The van der Waals surface area contributed by atoms with Crippen molar-refractivity contribution in [3.05, 3.63) is 59.6 Å². The molecule has 1 saturated heterocycles. The lowest BCUT2D eigenvalue weighted by Gasteiger charge is -2.36. The van der Waals surface area contributed by atoms with Crippen LogP contribution in [0.3, 0.4) is 0 Å². The molecule has 8 heteroatoms. The van der Waals surface area contributed by atoms with Crippen LogP contribution in [0.25, 0.3) is 0 Å². The highest BCUT2D eigenvalue weighted by molar-refractivity contribution is 8.16. The lowest BCUT2D eigenvalue weighted by Crippen LogP contribution is -2.47. The number of ether oxygens (including phenoxy) is 1. The molecule has 3 rings (SSSR count). The first kappa shape index (κ1) is 22.6. The average Bonchev–Trinajstić information content (AvgIpc) is 2.78. The minimum absolute atomic E-state index is 0.358. The van der Waals surface area contributed by atoms with Crippen LogP contribution in [0.15, 0.2) is 64.5 Å². The summed E-state index contributed by atoms with van der Waals surface area (Å²) in [4.78, 5) is 9.11. The van der Waals surface area contributed by atoms with Gasteiger partial charge in [-0.1, -0.05) is 36.1 Å². The van der Waals surface area contributed by atoms with Gasteiger partial charge in [-0.05, 0) is 53.9 Å². The third-order valence-corrected chi connectivity index (χ3v) is 5.87.